The van der Waals surface area contributed by atoms with Crippen molar-refractivity contribution in [2.45, 2.75) is 33.9 Å². The molecule has 0 bridgehead atoms. The van der Waals surface area contributed by atoms with Gasteiger partial charge in [-0.15, -0.1) is 0 Å². The van der Waals surface area contributed by atoms with Crippen LogP contribution in [0.25, 0.3) is 0 Å². The molecule has 0 aliphatic carbocycles. The monoisotopic (exact) mass is 248 g/mol. The molecular weight excluding hydrogens is 228 g/mol. The third-order valence-corrected chi connectivity index (χ3v) is 2.70. The fourth-order valence-corrected chi connectivity index (χ4v) is 1.71. The van der Waals surface area contributed by atoms with Crippen LogP contribution in [-0.2, 0) is 13.1 Å². The lowest BCUT2D eigenvalue weighted by Gasteiger charge is -2.04. The Kier molecular flexibility index (Phi) is 4.15. The van der Waals surface area contributed by atoms with Crippen molar-refractivity contribution in [1.29, 1.82) is 0 Å². The third-order valence-electron chi connectivity index (χ3n) is 2.70. The van der Waals surface area contributed by atoms with Gasteiger partial charge in [0.2, 0.25) is 0 Å². The van der Waals surface area contributed by atoms with Gasteiger partial charge >= 0.3 is 0 Å². The summed E-state index contributed by atoms with van der Waals surface area (Å²) in [7, 11) is 0. The van der Waals surface area contributed by atoms with Gasteiger partial charge < -0.3 is 9.84 Å². The Morgan fingerprint density at radius 1 is 1.44 bits per heavy atom. The highest BCUT2D eigenvalue weighted by atomic mass is 16.5. The largest absolute Gasteiger partial charge is 0.359 e. The van der Waals surface area contributed by atoms with Crippen molar-refractivity contribution >= 4 is 0 Å². The van der Waals surface area contributed by atoms with E-state index in [0.29, 0.717) is 12.5 Å². The molecule has 0 aliphatic heterocycles. The van der Waals surface area contributed by atoms with Crippen LogP contribution in [0, 0.1) is 12.8 Å². The van der Waals surface area contributed by atoms with E-state index < -0.39 is 0 Å². The topological polar surface area (TPSA) is 55.9 Å². The van der Waals surface area contributed by atoms with Crippen molar-refractivity contribution in [1.82, 2.24) is 20.3 Å². The van der Waals surface area contributed by atoms with E-state index in [-0.39, 0.29) is 0 Å². The van der Waals surface area contributed by atoms with Crippen molar-refractivity contribution in [2.75, 3.05) is 6.54 Å². The summed E-state index contributed by atoms with van der Waals surface area (Å²) in [6.07, 6.45) is 1.79. The number of hydrogen-bond donors (Lipinski definition) is 1. The molecule has 18 heavy (non-hydrogen) atoms. The molecule has 0 saturated carbocycles. The van der Waals surface area contributed by atoms with Gasteiger partial charge in [0, 0.05) is 24.5 Å². The zero-order valence-electron chi connectivity index (χ0n) is 11.2. The van der Waals surface area contributed by atoms with Crippen molar-refractivity contribution in [3.8, 4) is 0 Å². The molecule has 0 spiro atoms. The predicted molar refractivity (Wildman–Crippen MR) is 69.1 cm³/mol. The summed E-state index contributed by atoms with van der Waals surface area (Å²) in [5.74, 6) is 1.48. The van der Waals surface area contributed by atoms with Gasteiger partial charge in [0.1, 0.15) is 6.54 Å². The second kappa shape index (κ2) is 5.82. The zero-order valence-corrected chi connectivity index (χ0v) is 11.2. The fourth-order valence-electron chi connectivity index (χ4n) is 1.71. The molecule has 2 aromatic heterocycles. The van der Waals surface area contributed by atoms with E-state index in [1.807, 2.05) is 23.7 Å². The van der Waals surface area contributed by atoms with Gasteiger partial charge in [0.05, 0.1) is 5.69 Å². The predicted octanol–water partition coefficient (Wildman–Crippen LogP) is 1.97. The van der Waals surface area contributed by atoms with Crippen molar-refractivity contribution in [3.05, 3.63) is 35.5 Å². The number of nitrogens with zero attached hydrogens (tertiary/aromatic N) is 3. The Morgan fingerprint density at radius 3 is 2.94 bits per heavy atom. The van der Waals surface area contributed by atoms with Crippen LogP contribution in [0.2, 0.25) is 0 Å². The lowest BCUT2D eigenvalue weighted by atomic mass is 10.2. The maximum atomic E-state index is 5.30. The number of nitrogens with one attached hydrogen (secondary N) is 1. The van der Waals surface area contributed by atoms with Crippen LogP contribution in [0.4, 0.5) is 0 Å². The highest BCUT2D eigenvalue weighted by molar-refractivity contribution is 5.07. The van der Waals surface area contributed by atoms with E-state index in [1.165, 1.54) is 0 Å². The third kappa shape index (κ3) is 3.43. The molecule has 1 N–H and O–H groups in total. The van der Waals surface area contributed by atoms with E-state index in [2.05, 4.69) is 29.4 Å². The second-order valence-electron chi connectivity index (χ2n) is 4.94. The molecule has 0 saturated heterocycles. The summed E-state index contributed by atoms with van der Waals surface area (Å²) in [6.45, 7) is 8.76. The van der Waals surface area contributed by atoms with Crippen LogP contribution in [0.15, 0.2) is 22.9 Å². The number of aryl methyl sites for hydroxylation is 1. The highest BCUT2D eigenvalue weighted by Crippen LogP contribution is 2.07. The molecule has 5 heteroatoms. The Morgan fingerprint density at radius 2 is 2.28 bits per heavy atom. The number of aromatic nitrogens is 3. The molecule has 98 valence electrons. The minimum atomic E-state index is 0.635. The van der Waals surface area contributed by atoms with Gasteiger partial charge in [0.25, 0.3) is 0 Å². The van der Waals surface area contributed by atoms with Crippen LogP contribution in [0.1, 0.15) is 31.0 Å². The smallest absolute Gasteiger partial charge is 0.158 e. The number of hydrogen-bond acceptors (Lipinski definition) is 4. The SMILES string of the molecule is Cc1ccnn1Cc1cc(CNCC(C)C)no1. The van der Waals surface area contributed by atoms with Crippen LogP contribution < -0.4 is 5.32 Å². The molecule has 0 aliphatic rings. The van der Waals surface area contributed by atoms with Gasteiger partial charge in [-0.2, -0.15) is 5.10 Å². The van der Waals surface area contributed by atoms with E-state index >= 15 is 0 Å². The summed E-state index contributed by atoms with van der Waals surface area (Å²) in [6, 6.07) is 3.95. The molecule has 0 radical (unpaired) electrons. The highest BCUT2D eigenvalue weighted by Gasteiger charge is 2.06. The first kappa shape index (κ1) is 12.8. The van der Waals surface area contributed by atoms with Crippen LogP contribution in [0.5, 0.6) is 0 Å². The quantitative estimate of drug-likeness (QED) is 0.849. The molecule has 5 nitrogen and oxygen atoms in total. The van der Waals surface area contributed by atoms with Crippen LogP contribution in [-0.4, -0.2) is 21.5 Å². The van der Waals surface area contributed by atoms with Crippen molar-refractivity contribution in [2.24, 2.45) is 5.92 Å². The molecule has 0 unspecified atom stereocenters. The Labute approximate surface area is 107 Å². The minimum absolute atomic E-state index is 0.635. The van der Waals surface area contributed by atoms with E-state index in [4.69, 9.17) is 4.52 Å². The first-order chi connectivity index (χ1) is 8.65. The molecule has 0 amide bonds. The number of rotatable bonds is 6. The summed E-state index contributed by atoms with van der Waals surface area (Å²) >= 11 is 0. The van der Waals surface area contributed by atoms with Gasteiger partial charge in [-0.25, -0.2) is 0 Å². The maximum Gasteiger partial charge on any atom is 0.158 e. The molecule has 0 atom stereocenters. The molecule has 0 aromatic carbocycles. The average Bonchev–Trinajstić information content (AvgIpc) is 2.90. The van der Waals surface area contributed by atoms with Gasteiger partial charge in [-0.3, -0.25) is 4.68 Å². The summed E-state index contributed by atoms with van der Waals surface area (Å²) in [4.78, 5) is 0. The zero-order chi connectivity index (χ0) is 13.0. The molecule has 2 heterocycles. The second-order valence-corrected chi connectivity index (χ2v) is 4.94. The van der Waals surface area contributed by atoms with Crippen LogP contribution >= 0.6 is 0 Å². The van der Waals surface area contributed by atoms with E-state index in [1.54, 1.807) is 6.20 Å². The average molecular weight is 248 g/mol. The minimum Gasteiger partial charge on any atom is -0.359 e. The van der Waals surface area contributed by atoms with E-state index in [0.717, 1.165) is 30.2 Å². The van der Waals surface area contributed by atoms with Crippen molar-refractivity contribution in [3.63, 3.8) is 0 Å². The summed E-state index contributed by atoms with van der Waals surface area (Å²) < 4.78 is 7.19. The van der Waals surface area contributed by atoms with Crippen LogP contribution in [0.3, 0.4) is 0 Å². The Hall–Kier alpha value is -1.62. The van der Waals surface area contributed by atoms with E-state index in [9.17, 15) is 0 Å². The lowest BCUT2D eigenvalue weighted by Crippen LogP contribution is -2.19. The first-order valence-electron chi connectivity index (χ1n) is 6.28. The van der Waals surface area contributed by atoms with Gasteiger partial charge in [-0.1, -0.05) is 19.0 Å². The first-order valence-corrected chi connectivity index (χ1v) is 6.28. The lowest BCUT2D eigenvalue weighted by molar-refractivity contribution is 0.362. The molecule has 0 fully saturated rings. The van der Waals surface area contributed by atoms with Crippen molar-refractivity contribution < 1.29 is 4.52 Å². The molecule has 2 aromatic rings. The molecule has 2 rings (SSSR count). The summed E-state index contributed by atoms with van der Waals surface area (Å²) in [5.41, 5.74) is 2.06. The van der Waals surface area contributed by atoms with Gasteiger partial charge in [0.15, 0.2) is 5.76 Å². The summed E-state index contributed by atoms with van der Waals surface area (Å²) in [5, 5.41) is 11.6. The Bertz CT molecular complexity index is 487. The normalized spacial score (nSPS) is 11.3. The maximum absolute atomic E-state index is 5.30. The molecular formula is C13H20N4O. The van der Waals surface area contributed by atoms with Gasteiger partial charge in [-0.05, 0) is 25.5 Å². The standard InChI is InChI=1S/C13H20N4O/c1-10(2)7-14-8-12-6-13(18-16-12)9-17-11(3)4-5-15-17/h4-6,10,14H,7-9H2,1-3H3. The fraction of sp³-hybridized carbons (Fsp3) is 0.538. The Balaban J connectivity index is 1.88.